The summed E-state index contributed by atoms with van der Waals surface area (Å²) < 4.78 is 9.02. The number of aromatic nitrogens is 2. The normalized spacial score (nSPS) is 11.7. The molecule has 0 bridgehead atoms. The Bertz CT molecular complexity index is 1020. The van der Waals surface area contributed by atoms with Gasteiger partial charge < -0.3 is 0 Å². The monoisotopic (exact) mass is 443 g/mol. The molecule has 0 radical (unpaired) electrons. The summed E-state index contributed by atoms with van der Waals surface area (Å²) in [6, 6.07) is 31.1. The standard InChI is InChI=1S/C26H28AsN2/c1-26(2,3)29-19-18-28(21-29)20-22-12-10-11-17-25(22)27(23-13-6-4-7-14-23)24-15-8-5-9-16-24/h4-19,21H,20H2,1-3H3/q+1. The van der Waals surface area contributed by atoms with Gasteiger partial charge in [0.15, 0.2) is 0 Å². The van der Waals surface area contributed by atoms with Gasteiger partial charge in [0.1, 0.15) is 0 Å². The summed E-state index contributed by atoms with van der Waals surface area (Å²) in [5.41, 5.74) is 1.51. The third-order valence-corrected chi connectivity index (χ3v) is 10.4. The average Bonchev–Trinajstić information content (AvgIpc) is 3.20. The summed E-state index contributed by atoms with van der Waals surface area (Å²) in [6.07, 6.45) is 6.58. The molecular weight excluding hydrogens is 415 g/mol. The van der Waals surface area contributed by atoms with E-state index in [1.807, 2.05) is 0 Å². The van der Waals surface area contributed by atoms with Gasteiger partial charge in [-0.25, -0.2) is 0 Å². The van der Waals surface area contributed by atoms with E-state index < -0.39 is 14.7 Å². The van der Waals surface area contributed by atoms with Gasteiger partial charge in [-0.15, -0.1) is 0 Å². The van der Waals surface area contributed by atoms with Crippen LogP contribution in [-0.4, -0.2) is 19.2 Å². The van der Waals surface area contributed by atoms with Crippen molar-refractivity contribution < 1.29 is 4.57 Å². The van der Waals surface area contributed by atoms with Crippen LogP contribution < -0.4 is 17.6 Å². The Morgan fingerprint density at radius 2 is 1.31 bits per heavy atom. The summed E-state index contributed by atoms with van der Waals surface area (Å²) in [5, 5.41) is 0. The molecule has 0 N–H and O–H groups in total. The fourth-order valence-corrected chi connectivity index (χ4v) is 8.69. The minimum atomic E-state index is -1.62. The van der Waals surface area contributed by atoms with E-state index in [2.05, 4.69) is 134 Å². The molecule has 0 aliphatic carbocycles. The first-order valence-electron chi connectivity index (χ1n) is 10.1. The van der Waals surface area contributed by atoms with Crippen molar-refractivity contribution in [3.8, 4) is 0 Å². The molecule has 0 amide bonds. The van der Waals surface area contributed by atoms with Crippen LogP contribution in [0.4, 0.5) is 0 Å². The number of benzene rings is 3. The van der Waals surface area contributed by atoms with Crippen LogP contribution in [0.25, 0.3) is 0 Å². The molecule has 0 saturated heterocycles. The molecule has 0 atom stereocenters. The van der Waals surface area contributed by atoms with Crippen LogP contribution in [0.1, 0.15) is 26.3 Å². The first-order valence-corrected chi connectivity index (χ1v) is 12.9. The molecule has 0 spiro atoms. The maximum absolute atomic E-state index is 2.34. The van der Waals surface area contributed by atoms with E-state index in [9.17, 15) is 0 Å². The molecule has 3 aromatic carbocycles. The van der Waals surface area contributed by atoms with Gasteiger partial charge >= 0.3 is 179 Å². The number of hydrogen-bond acceptors (Lipinski definition) is 0. The molecule has 0 unspecified atom stereocenters. The molecule has 4 aromatic rings. The summed E-state index contributed by atoms with van der Waals surface area (Å²) in [5.74, 6) is 0. The van der Waals surface area contributed by atoms with Crippen molar-refractivity contribution in [2.45, 2.75) is 32.9 Å². The molecule has 146 valence electrons. The molecule has 1 aromatic heterocycles. The van der Waals surface area contributed by atoms with Gasteiger partial charge in [-0.3, -0.25) is 0 Å². The van der Waals surface area contributed by atoms with Crippen LogP contribution in [0.15, 0.2) is 104 Å². The van der Waals surface area contributed by atoms with Crippen LogP contribution in [0.3, 0.4) is 0 Å². The fourth-order valence-electron chi connectivity index (χ4n) is 3.53. The predicted molar refractivity (Wildman–Crippen MR) is 123 cm³/mol. The molecule has 0 aliphatic rings. The van der Waals surface area contributed by atoms with Crippen molar-refractivity contribution in [3.63, 3.8) is 0 Å². The van der Waals surface area contributed by atoms with E-state index in [0.717, 1.165) is 6.54 Å². The van der Waals surface area contributed by atoms with Gasteiger partial charge in [0.25, 0.3) is 0 Å². The van der Waals surface area contributed by atoms with Gasteiger partial charge in [0.2, 0.25) is 0 Å². The van der Waals surface area contributed by atoms with Crippen molar-refractivity contribution in [2.75, 3.05) is 0 Å². The van der Waals surface area contributed by atoms with Crippen LogP contribution in [-0.2, 0) is 12.1 Å². The van der Waals surface area contributed by atoms with E-state index in [4.69, 9.17) is 0 Å². The van der Waals surface area contributed by atoms with Crippen LogP contribution >= 0.6 is 0 Å². The molecular formula is C26H28AsN2+. The number of nitrogens with zero attached hydrogens (tertiary/aromatic N) is 2. The zero-order valence-corrected chi connectivity index (χ0v) is 19.2. The Labute approximate surface area is 178 Å². The van der Waals surface area contributed by atoms with E-state index in [-0.39, 0.29) is 5.54 Å². The molecule has 3 heteroatoms. The van der Waals surface area contributed by atoms with Crippen LogP contribution in [0.2, 0.25) is 0 Å². The summed E-state index contributed by atoms with van der Waals surface area (Å²) in [7, 11) is 0. The summed E-state index contributed by atoms with van der Waals surface area (Å²) in [4.78, 5) is 0. The Morgan fingerprint density at radius 3 is 1.86 bits per heavy atom. The Morgan fingerprint density at radius 1 is 0.759 bits per heavy atom. The van der Waals surface area contributed by atoms with Gasteiger partial charge in [-0.2, -0.15) is 0 Å². The Kier molecular flexibility index (Phi) is 5.74. The number of hydrogen-bond donors (Lipinski definition) is 0. The van der Waals surface area contributed by atoms with E-state index in [1.165, 1.54) is 18.6 Å². The molecule has 0 saturated carbocycles. The molecule has 0 fully saturated rings. The fraction of sp³-hybridized carbons (Fsp3) is 0.192. The minimum absolute atomic E-state index is 0.0938. The second-order valence-corrected chi connectivity index (χ2v) is 12.9. The van der Waals surface area contributed by atoms with Gasteiger partial charge in [-0.05, 0) is 0 Å². The quantitative estimate of drug-likeness (QED) is 0.331. The molecule has 0 aliphatic heterocycles. The Hall–Kier alpha value is -2.57. The second kappa shape index (κ2) is 8.43. The van der Waals surface area contributed by atoms with Gasteiger partial charge in [-0.1, -0.05) is 0 Å². The van der Waals surface area contributed by atoms with Crippen molar-refractivity contribution in [2.24, 2.45) is 0 Å². The number of imidazole rings is 1. The van der Waals surface area contributed by atoms with Crippen molar-refractivity contribution in [1.29, 1.82) is 0 Å². The SMILES string of the molecule is CC(C)(C)n1cc[n+](Cc2ccccc2[As](c2ccccc2)c2ccccc2)c1. The molecule has 1 heterocycles. The molecule has 2 nitrogen and oxygen atoms in total. The van der Waals surface area contributed by atoms with Gasteiger partial charge in [0, 0.05) is 0 Å². The van der Waals surface area contributed by atoms with Crippen LogP contribution in [0, 0.1) is 0 Å². The van der Waals surface area contributed by atoms with Crippen LogP contribution in [0.5, 0.6) is 0 Å². The zero-order chi connectivity index (χ0) is 20.3. The first kappa shape index (κ1) is 19.7. The van der Waals surface area contributed by atoms with Crippen molar-refractivity contribution >= 4 is 27.7 Å². The molecule has 29 heavy (non-hydrogen) atoms. The third-order valence-electron chi connectivity index (χ3n) is 5.08. The zero-order valence-electron chi connectivity index (χ0n) is 17.4. The number of rotatable bonds is 5. The third kappa shape index (κ3) is 4.54. The maximum atomic E-state index is 2.34. The van der Waals surface area contributed by atoms with E-state index in [0.29, 0.717) is 0 Å². The average molecular weight is 443 g/mol. The van der Waals surface area contributed by atoms with Gasteiger partial charge in [0.05, 0.1) is 0 Å². The summed E-state index contributed by atoms with van der Waals surface area (Å²) in [6.45, 7) is 7.60. The van der Waals surface area contributed by atoms with E-state index in [1.54, 1.807) is 0 Å². The topological polar surface area (TPSA) is 8.81 Å². The second-order valence-electron chi connectivity index (χ2n) is 8.30. The predicted octanol–water partition coefficient (Wildman–Crippen LogP) is 3.10. The van der Waals surface area contributed by atoms with Crippen molar-refractivity contribution in [3.05, 3.63) is 109 Å². The first-order chi connectivity index (χ1) is 14.0. The Balaban J connectivity index is 1.76. The molecule has 4 rings (SSSR count). The van der Waals surface area contributed by atoms with Crippen molar-refractivity contribution in [1.82, 2.24) is 4.57 Å². The van der Waals surface area contributed by atoms with E-state index >= 15 is 0 Å². The summed E-state index contributed by atoms with van der Waals surface area (Å²) >= 11 is -1.62.